The summed E-state index contributed by atoms with van der Waals surface area (Å²) >= 11 is 6.19. The smallest absolute Gasteiger partial charge is 0.270 e. The summed E-state index contributed by atoms with van der Waals surface area (Å²) in [5, 5.41) is -0.225. The van der Waals surface area contributed by atoms with Gasteiger partial charge in [-0.1, -0.05) is 23.7 Å². The zero-order chi connectivity index (χ0) is 21.3. The highest BCUT2D eigenvalue weighted by Crippen LogP contribution is 2.38. The quantitative estimate of drug-likeness (QED) is 0.649. The number of benzene rings is 2. The molecule has 0 spiro atoms. The van der Waals surface area contributed by atoms with Gasteiger partial charge in [-0.05, 0) is 43.2 Å². The van der Waals surface area contributed by atoms with Gasteiger partial charge in [0.25, 0.3) is 5.56 Å². The Bertz CT molecular complexity index is 1180. The average molecular weight is 419 g/mol. The number of aromatic amines is 1. The first-order valence-corrected chi connectivity index (χ1v) is 8.97. The van der Waals surface area contributed by atoms with E-state index < -0.39 is 23.1 Å². The van der Waals surface area contributed by atoms with E-state index in [9.17, 15) is 18.4 Å². The van der Waals surface area contributed by atoms with Crippen LogP contribution in [0.15, 0.2) is 41.2 Å². The van der Waals surface area contributed by atoms with Gasteiger partial charge in [0.2, 0.25) is 5.91 Å². The summed E-state index contributed by atoms with van der Waals surface area (Å²) in [5.74, 6) is -2.07. The Hall–Kier alpha value is -3.19. The lowest BCUT2D eigenvalue weighted by Gasteiger charge is -2.18. The number of primary amides is 1. The van der Waals surface area contributed by atoms with Crippen LogP contribution in [-0.2, 0) is 6.61 Å². The summed E-state index contributed by atoms with van der Waals surface area (Å²) < 4.78 is 32.8. The number of ether oxygens (including phenoxy) is 1. The number of nitrogens with two attached hydrogens (primary N) is 1. The fourth-order valence-electron chi connectivity index (χ4n) is 3.09. The van der Waals surface area contributed by atoms with Crippen LogP contribution in [0.2, 0.25) is 5.02 Å². The number of aryl methyl sites for hydroxylation is 1. The highest BCUT2D eigenvalue weighted by molar-refractivity contribution is 6.32. The van der Waals surface area contributed by atoms with Crippen molar-refractivity contribution in [2.24, 2.45) is 5.73 Å². The largest absolute Gasteiger partial charge is 0.486 e. The van der Waals surface area contributed by atoms with Gasteiger partial charge in [0.15, 0.2) is 5.75 Å². The fraction of sp³-hybridized carbons (Fsp3) is 0.143. The Morgan fingerprint density at radius 2 is 1.93 bits per heavy atom. The summed E-state index contributed by atoms with van der Waals surface area (Å²) in [7, 11) is 0. The van der Waals surface area contributed by atoms with Crippen LogP contribution in [0, 0.1) is 25.5 Å². The van der Waals surface area contributed by atoms with Crippen LogP contribution in [0.4, 0.5) is 8.78 Å². The second kappa shape index (κ2) is 8.05. The van der Waals surface area contributed by atoms with Crippen LogP contribution in [0.25, 0.3) is 11.1 Å². The van der Waals surface area contributed by atoms with E-state index in [4.69, 9.17) is 22.1 Å². The van der Waals surface area contributed by atoms with Gasteiger partial charge in [-0.3, -0.25) is 9.59 Å². The molecule has 3 aromatic rings. The van der Waals surface area contributed by atoms with E-state index >= 15 is 0 Å². The third-order valence-electron chi connectivity index (χ3n) is 4.56. The van der Waals surface area contributed by atoms with Gasteiger partial charge in [0.1, 0.15) is 23.3 Å². The summed E-state index contributed by atoms with van der Waals surface area (Å²) in [5.41, 5.74) is 7.28. The average Bonchev–Trinajstić information content (AvgIpc) is 2.65. The van der Waals surface area contributed by atoms with Crippen molar-refractivity contribution in [3.63, 3.8) is 0 Å². The van der Waals surface area contributed by atoms with Crippen LogP contribution >= 0.6 is 11.6 Å². The molecule has 0 saturated carbocycles. The maximum absolute atomic E-state index is 14.0. The zero-order valence-electron chi connectivity index (χ0n) is 15.6. The topological polar surface area (TPSA) is 85.2 Å². The van der Waals surface area contributed by atoms with Crippen molar-refractivity contribution in [3.05, 3.63) is 85.8 Å². The normalized spacial score (nSPS) is 10.8. The number of H-pyrrole nitrogens is 1. The Morgan fingerprint density at radius 1 is 1.21 bits per heavy atom. The highest BCUT2D eigenvalue weighted by Gasteiger charge is 2.21. The predicted molar refractivity (Wildman–Crippen MR) is 106 cm³/mol. The van der Waals surface area contributed by atoms with E-state index in [2.05, 4.69) is 4.98 Å². The molecule has 1 aromatic heterocycles. The van der Waals surface area contributed by atoms with E-state index in [0.717, 1.165) is 12.1 Å². The van der Waals surface area contributed by atoms with Crippen molar-refractivity contribution in [2.45, 2.75) is 20.5 Å². The van der Waals surface area contributed by atoms with E-state index in [-0.39, 0.29) is 22.9 Å². The van der Waals surface area contributed by atoms with Gasteiger partial charge < -0.3 is 15.5 Å². The van der Waals surface area contributed by atoms with Crippen LogP contribution in [0.5, 0.6) is 5.75 Å². The number of rotatable bonds is 5. The van der Waals surface area contributed by atoms with E-state index in [1.165, 1.54) is 6.07 Å². The number of hydrogen-bond acceptors (Lipinski definition) is 3. The van der Waals surface area contributed by atoms with Crippen LogP contribution in [-0.4, -0.2) is 10.9 Å². The molecule has 0 aliphatic heterocycles. The van der Waals surface area contributed by atoms with Gasteiger partial charge in [0.05, 0.1) is 0 Å². The molecule has 3 N–H and O–H groups in total. The number of pyridine rings is 1. The SMILES string of the molecule is Cc1[nH]c(=O)c(Cl)c(OCc2ccc(F)cc2F)c1-c1cccc(C(N)=O)c1C. The maximum atomic E-state index is 14.0. The predicted octanol–water partition coefficient (Wildman–Crippen LogP) is 4.27. The molecule has 29 heavy (non-hydrogen) atoms. The summed E-state index contributed by atoms with van der Waals surface area (Å²) in [6, 6.07) is 8.04. The Balaban J connectivity index is 2.14. The third kappa shape index (κ3) is 4.00. The second-order valence-electron chi connectivity index (χ2n) is 6.46. The molecule has 0 bridgehead atoms. The highest BCUT2D eigenvalue weighted by atomic mass is 35.5. The van der Waals surface area contributed by atoms with Crippen molar-refractivity contribution in [1.29, 1.82) is 0 Å². The molecule has 0 atom stereocenters. The minimum atomic E-state index is -0.781. The number of halogens is 3. The van der Waals surface area contributed by atoms with Crippen molar-refractivity contribution in [3.8, 4) is 16.9 Å². The Morgan fingerprint density at radius 3 is 2.59 bits per heavy atom. The second-order valence-corrected chi connectivity index (χ2v) is 6.84. The molecule has 0 unspecified atom stereocenters. The monoisotopic (exact) mass is 418 g/mol. The molecule has 0 aliphatic carbocycles. The van der Waals surface area contributed by atoms with Gasteiger partial charge in [-0.15, -0.1) is 0 Å². The lowest BCUT2D eigenvalue weighted by Crippen LogP contribution is -2.15. The maximum Gasteiger partial charge on any atom is 0.270 e. The van der Waals surface area contributed by atoms with Crippen molar-refractivity contribution >= 4 is 17.5 Å². The van der Waals surface area contributed by atoms with E-state index in [0.29, 0.717) is 27.9 Å². The minimum Gasteiger partial charge on any atom is -0.486 e. The first-order chi connectivity index (χ1) is 13.7. The van der Waals surface area contributed by atoms with E-state index in [1.807, 2.05) is 0 Å². The molecule has 0 aliphatic rings. The standard InChI is InChI=1S/C21H17ClF2N2O3/c1-10-14(4-3-5-15(10)20(25)27)17-11(2)26-21(28)18(22)19(17)29-9-12-6-7-13(23)8-16(12)24/h3-8H,9H2,1-2H3,(H2,25,27)(H,26,28). The lowest BCUT2D eigenvalue weighted by atomic mass is 9.94. The molecule has 0 fully saturated rings. The molecule has 3 rings (SSSR count). The van der Waals surface area contributed by atoms with E-state index in [1.54, 1.807) is 32.0 Å². The first kappa shape index (κ1) is 20.5. The fourth-order valence-corrected chi connectivity index (χ4v) is 3.29. The lowest BCUT2D eigenvalue weighted by molar-refractivity contribution is 0.0999. The number of amides is 1. The molecule has 8 heteroatoms. The van der Waals surface area contributed by atoms with Gasteiger partial charge in [-0.25, -0.2) is 8.78 Å². The summed E-state index contributed by atoms with van der Waals surface area (Å²) in [6.45, 7) is 3.07. The molecule has 1 amide bonds. The van der Waals surface area contributed by atoms with Crippen LogP contribution in [0.1, 0.15) is 27.2 Å². The van der Waals surface area contributed by atoms with Crippen LogP contribution < -0.4 is 16.0 Å². The summed E-state index contributed by atoms with van der Waals surface area (Å²) in [4.78, 5) is 26.5. The third-order valence-corrected chi connectivity index (χ3v) is 4.90. The number of carbonyl (C=O) groups is 1. The molecule has 0 radical (unpaired) electrons. The molecular weight excluding hydrogens is 402 g/mol. The van der Waals surface area contributed by atoms with Gasteiger partial charge in [0, 0.05) is 28.5 Å². The molecule has 0 saturated heterocycles. The number of carbonyl (C=O) groups excluding carboxylic acids is 1. The Labute approximate surface area is 170 Å². The minimum absolute atomic E-state index is 0.0290. The molecular formula is C21H17ClF2N2O3. The molecule has 5 nitrogen and oxygen atoms in total. The summed E-state index contributed by atoms with van der Waals surface area (Å²) in [6.07, 6.45) is 0. The number of nitrogens with one attached hydrogen (secondary N) is 1. The van der Waals surface area contributed by atoms with Gasteiger partial charge >= 0.3 is 0 Å². The first-order valence-electron chi connectivity index (χ1n) is 8.59. The van der Waals surface area contributed by atoms with Crippen molar-refractivity contribution < 1.29 is 18.3 Å². The van der Waals surface area contributed by atoms with Crippen molar-refractivity contribution in [2.75, 3.05) is 0 Å². The zero-order valence-corrected chi connectivity index (χ0v) is 16.4. The molecule has 150 valence electrons. The number of aromatic nitrogens is 1. The molecule has 1 heterocycles. The van der Waals surface area contributed by atoms with Crippen LogP contribution in [0.3, 0.4) is 0 Å². The van der Waals surface area contributed by atoms with Crippen molar-refractivity contribution in [1.82, 2.24) is 4.98 Å². The van der Waals surface area contributed by atoms with Gasteiger partial charge in [-0.2, -0.15) is 0 Å². The number of hydrogen-bond donors (Lipinski definition) is 2. The Kier molecular flexibility index (Phi) is 5.70. The molecule has 2 aromatic carbocycles.